The van der Waals surface area contributed by atoms with Crippen LogP contribution in [0.5, 0.6) is 0 Å². The second-order valence-corrected chi connectivity index (χ2v) is 6.12. The summed E-state index contributed by atoms with van der Waals surface area (Å²) in [6, 6.07) is -0.434. The molecule has 1 radical (unpaired) electrons. The van der Waals surface area contributed by atoms with Crippen LogP contribution in [0, 0.1) is 0 Å². The van der Waals surface area contributed by atoms with Gasteiger partial charge in [-0.3, -0.25) is 4.79 Å². The van der Waals surface area contributed by atoms with E-state index < -0.39 is 12.0 Å². The fraction of sp³-hybridized carbons (Fsp3) is 0.857. The van der Waals surface area contributed by atoms with Gasteiger partial charge in [-0.2, -0.15) is 0 Å². The summed E-state index contributed by atoms with van der Waals surface area (Å²) in [7, 11) is 3.68. The summed E-state index contributed by atoms with van der Waals surface area (Å²) in [4.78, 5) is 10.6. The Hall–Kier alpha value is 0.130. The highest BCUT2D eigenvalue weighted by Gasteiger charge is 2.45. The van der Waals surface area contributed by atoms with Crippen LogP contribution in [0.4, 0.5) is 0 Å². The van der Waals surface area contributed by atoms with E-state index in [0.29, 0.717) is 0 Å². The molecule has 0 aromatic carbocycles. The highest BCUT2D eigenvalue weighted by Crippen LogP contribution is 2.51. The summed E-state index contributed by atoms with van der Waals surface area (Å²) in [6.45, 7) is 0.738. The first kappa shape index (κ1) is 8.72. The Balaban J connectivity index is 2.01. The largest absolute Gasteiger partial charge is 0.480 e. The third-order valence-corrected chi connectivity index (χ3v) is 5.58. The van der Waals surface area contributed by atoms with E-state index in [1.54, 1.807) is 0 Å². The number of carboxylic acids is 1. The molecule has 0 amide bonds. The maximum Gasteiger partial charge on any atom is 0.322 e. The van der Waals surface area contributed by atoms with Crippen LogP contribution in [-0.2, 0) is 4.79 Å². The molecule has 2 aliphatic heterocycles. The second-order valence-electron chi connectivity index (χ2n) is 3.24. The molecule has 5 heteroatoms. The maximum absolute atomic E-state index is 10.6. The molecule has 67 valence electrons. The first-order valence-corrected chi connectivity index (χ1v) is 6.24. The second kappa shape index (κ2) is 3.12. The first-order valence-electron chi connectivity index (χ1n) is 3.92. The molecule has 0 aliphatic carbocycles. The van der Waals surface area contributed by atoms with Gasteiger partial charge in [0.1, 0.15) is 6.04 Å². The summed E-state index contributed by atoms with van der Waals surface area (Å²) in [6.07, 6.45) is 1.86. The molecule has 2 aliphatic rings. The van der Waals surface area contributed by atoms with Gasteiger partial charge in [0.15, 0.2) is 0 Å². The van der Waals surface area contributed by atoms with E-state index in [1.807, 2.05) is 21.6 Å². The molecular formula is C7H10NO2S2. The first-order chi connectivity index (χ1) is 5.72. The molecule has 2 fully saturated rings. The van der Waals surface area contributed by atoms with Crippen molar-refractivity contribution in [2.24, 2.45) is 0 Å². The molecule has 0 aromatic rings. The molecular weight excluding hydrogens is 194 g/mol. The highest BCUT2D eigenvalue weighted by atomic mass is 33.1. The Morgan fingerprint density at radius 2 is 2.50 bits per heavy atom. The minimum atomic E-state index is -0.760. The van der Waals surface area contributed by atoms with Crippen molar-refractivity contribution in [1.29, 1.82) is 0 Å². The van der Waals surface area contributed by atoms with E-state index in [1.165, 1.54) is 0 Å². The Labute approximate surface area is 79.1 Å². The van der Waals surface area contributed by atoms with Crippen LogP contribution in [0.15, 0.2) is 0 Å². The van der Waals surface area contributed by atoms with Crippen molar-refractivity contribution in [3.05, 3.63) is 0 Å². The summed E-state index contributed by atoms with van der Waals surface area (Å²) in [5.74, 6) is 0.386. The van der Waals surface area contributed by atoms with Crippen molar-refractivity contribution in [3.63, 3.8) is 0 Å². The van der Waals surface area contributed by atoms with Crippen LogP contribution in [0.3, 0.4) is 0 Å². The normalized spacial score (nSPS) is 40.8. The maximum atomic E-state index is 10.6. The van der Waals surface area contributed by atoms with E-state index in [0.717, 1.165) is 25.1 Å². The number of rotatable bonds is 1. The molecule has 2 heterocycles. The van der Waals surface area contributed by atoms with Gasteiger partial charge in [-0.15, -0.1) is 0 Å². The van der Waals surface area contributed by atoms with Crippen LogP contribution in [-0.4, -0.2) is 34.2 Å². The number of hydrogen-bond donors (Lipinski definition) is 1. The van der Waals surface area contributed by atoms with E-state index >= 15 is 0 Å². The lowest BCUT2D eigenvalue weighted by atomic mass is 10.0. The third-order valence-electron chi connectivity index (χ3n) is 2.33. The van der Waals surface area contributed by atoms with E-state index in [4.69, 9.17) is 5.11 Å². The SMILES string of the molecule is O=C(O)C1CC2(CCSS2)C[N]1. The number of carboxylic acid groups (broad SMARTS) is 1. The third kappa shape index (κ3) is 1.45. The summed E-state index contributed by atoms with van der Waals surface area (Å²) >= 11 is 0. The molecule has 2 atom stereocenters. The van der Waals surface area contributed by atoms with E-state index in [9.17, 15) is 4.79 Å². The van der Waals surface area contributed by atoms with Gasteiger partial charge in [0.25, 0.3) is 0 Å². The molecule has 2 unspecified atom stereocenters. The zero-order valence-electron chi connectivity index (χ0n) is 6.52. The van der Waals surface area contributed by atoms with Gasteiger partial charge in [0.05, 0.1) is 0 Å². The summed E-state index contributed by atoms with van der Waals surface area (Å²) in [5.41, 5.74) is 0. The Morgan fingerprint density at radius 1 is 1.67 bits per heavy atom. The van der Waals surface area contributed by atoms with Crippen molar-refractivity contribution < 1.29 is 9.90 Å². The molecule has 1 spiro atoms. The fourth-order valence-corrected chi connectivity index (χ4v) is 4.94. The number of aliphatic carboxylic acids is 1. The van der Waals surface area contributed by atoms with Gasteiger partial charge in [-0.05, 0) is 12.8 Å². The molecule has 2 saturated heterocycles. The highest BCUT2D eigenvalue weighted by molar-refractivity contribution is 8.77. The number of carbonyl (C=O) groups is 1. The quantitative estimate of drug-likeness (QED) is 0.647. The zero-order chi connectivity index (χ0) is 8.60. The fourth-order valence-electron chi connectivity index (χ4n) is 1.60. The molecule has 0 saturated carbocycles. The lowest BCUT2D eigenvalue weighted by Gasteiger charge is -2.17. The van der Waals surface area contributed by atoms with Crippen molar-refractivity contribution in [3.8, 4) is 0 Å². The smallest absolute Gasteiger partial charge is 0.322 e. The van der Waals surface area contributed by atoms with Gasteiger partial charge in [0, 0.05) is 17.0 Å². The molecule has 0 aromatic heterocycles. The topological polar surface area (TPSA) is 51.4 Å². The van der Waals surface area contributed by atoms with Crippen molar-refractivity contribution in [1.82, 2.24) is 5.32 Å². The Kier molecular flexibility index (Phi) is 2.27. The summed E-state index contributed by atoms with van der Waals surface area (Å²) in [5, 5.41) is 12.9. The van der Waals surface area contributed by atoms with E-state index in [2.05, 4.69) is 5.32 Å². The van der Waals surface area contributed by atoms with E-state index in [-0.39, 0.29) is 4.75 Å². The Bertz CT molecular complexity index is 204. The lowest BCUT2D eigenvalue weighted by Crippen LogP contribution is -2.24. The minimum absolute atomic E-state index is 0.174. The Morgan fingerprint density at radius 3 is 3.00 bits per heavy atom. The molecule has 0 bridgehead atoms. The van der Waals surface area contributed by atoms with Gasteiger partial charge in [-0.1, -0.05) is 21.6 Å². The van der Waals surface area contributed by atoms with Crippen LogP contribution < -0.4 is 5.32 Å². The van der Waals surface area contributed by atoms with Gasteiger partial charge >= 0.3 is 5.97 Å². The predicted octanol–water partition coefficient (Wildman–Crippen LogP) is 0.972. The standard InChI is InChI=1S/C7H10NO2S2/c9-6(10)5-3-7(4-8-5)1-2-11-12-7/h5H,1-4H2,(H,9,10). The van der Waals surface area contributed by atoms with Crippen molar-refractivity contribution in [2.45, 2.75) is 23.6 Å². The summed E-state index contributed by atoms with van der Waals surface area (Å²) < 4.78 is 0.174. The van der Waals surface area contributed by atoms with Gasteiger partial charge in [0.2, 0.25) is 0 Å². The lowest BCUT2D eigenvalue weighted by molar-refractivity contribution is -0.139. The van der Waals surface area contributed by atoms with Crippen LogP contribution in [0.2, 0.25) is 0 Å². The van der Waals surface area contributed by atoms with Gasteiger partial charge in [-0.25, -0.2) is 5.32 Å². The number of nitrogens with zero attached hydrogens (tertiary/aromatic N) is 1. The van der Waals surface area contributed by atoms with Crippen LogP contribution >= 0.6 is 21.6 Å². The van der Waals surface area contributed by atoms with Gasteiger partial charge < -0.3 is 5.11 Å². The zero-order valence-corrected chi connectivity index (χ0v) is 8.16. The monoisotopic (exact) mass is 204 g/mol. The minimum Gasteiger partial charge on any atom is -0.480 e. The number of hydrogen-bond acceptors (Lipinski definition) is 3. The average Bonchev–Trinajstić information content (AvgIpc) is 2.62. The van der Waals surface area contributed by atoms with Crippen molar-refractivity contribution in [2.75, 3.05) is 12.3 Å². The molecule has 3 nitrogen and oxygen atoms in total. The molecule has 12 heavy (non-hydrogen) atoms. The predicted molar refractivity (Wildman–Crippen MR) is 50.4 cm³/mol. The van der Waals surface area contributed by atoms with Crippen LogP contribution in [0.25, 0.3) is 0 Å². The van der Waals surface area contributed by atoms with Crippen molar-refractivity contribution >= 4 is 27.6 Å². The molecule has 1 N–H and O–H groups in total. The van der Waals surface area contributed by atoms with Crippen LogP contribution in [0.1, 0.15) is 12.8 Å². The average molecular weight is 204 g/mol. The molecule has 2 rings (SSSR count).